The van der Waals surface area contributed by atoms with Crippen LogP contribution in [0, 0.1) is 6.92 Å². The first-order chi connectivity index (χ1) is 11.1. The number of benzene rings is 1. The molecule has 3 aromatic rings. The lowest BCUT2D eigenvalue weighted by Gasteiger charge is -2.20. The third-order valence-corrected chi connectivity index (χ3v) is 4.63. The predicted molar refractivity (Wildman–Crippen MR) is 93.3 cm³/mol. The van der Waals surface area contributed by atoms with Gasteiger partial charge < -0.3 is 9.32 Å². The minimum absolute atomic E-state index is 0.159. The molecule has 0 unspecified atom stereocenters. The van der Waals surface area contributed by atoms with Gasteiger partial charge in [0.1, 0.15) is 0 Å². The largest absolute Gasteiger partial charge is 0.459 e. The van der Waals surface area contributed by atoms with Crippen molar-refractivity contribution in [1.82, 2.24) is 9.88 Å². The summed E-state index contributed by atoms with van der Waals surface area (Å²) in [6, 6.07) is 9.48. The highest BCUT2D eigenvalue weighted by molar-refractivity contribution is 7.22. The van der Waals surface area contributed by atoms with Gasteiger partial charge in [0.15, 0.2) is 10.9 Å². The zero-order valence-corrected chi connectivity index (χ0v) is 14.3. The maximum Gasteiger partial charge on any atom is 0.295 e. The number of hydrogen-bond acceptors (Lipinski definition) is 5. The SMILES string of the molecule is Cc1cccc2sc(N(CCN(C)C)C(=O)c3ccco3)nc12. The van der Waals surface area contributed by atoms with Gasteiger partial charge in [-0.25, -0.2) is 4.98 Å². The molecule has 0 radical (unpaired) electrons. The minimum Gasteiger partial charge on any atom is -0.459 e. The van der Waals surface area contributed by atoms with E-state index in [1.165, 1.54) is 17.6 Å². The topological polar surface area (TPSA) is 49.6 Å². The van der Waals surface area contributed by atoms with Gasteiger partial charge >= 0.3 is 0 Å². The van der Waals surface area contributed by atoms with Crippen LogP contribution in [0.15, 0.2) is 41.0 Å². The summed E-state index contributed by atoms with van der Waals surface area (Å²) in [5.74, 6) is 0.174. The Balaban J connectivity index is 1.98. The second kappa shape index (κ2) is 6.52. The van der Waals surface area contributed by atoms with Crippen molar-refractivity contribution in [2.24, 2.45) is 0 Å². The standard InChI is InChI=1S/C17H19N3O2S/c1-12-6-4-8-14-15(12)18-17(23-14)20(10-9-19(2)3)16(21)13-7-5-11-22-13/h4-8,11H,9-10H2,1-3H3. The lowest BCUT2D eigenvalue weighted by Crippen LogP contribution is -2.36. The van der Waals surface area contributed by atoms with Crippen LogP contribution >= 0.6 is 11.3 Å². The van der Waals surface area contributed by atoms with Crippen LogP contribution in [0.4, 0.5) is 5.13 Å². The number of nitrogens with zero attached hydrogens (tertiary/aromatic N) is 3. The van der Waals surface area contributed by atoms with E-state index in [4.69, 9.17) is 4.42 Å². The van der Waals surface area contributed by atoms with E-state index >= 15 is 0 Å². The number of anilines is 1. The molecular weight excluding hydrogens is 310 g/mol. The van der Waals surface area contributed by atoms with Crippen LogP contribution in [0.2, 0.25) is 0 Å². The Bertz CT molecular complexity index is 808. The summed E-state index contributed by atoms with van der Waals surface area (Å²) in [4.78, 5) is 21.2. The number of likely N-dealkylation sites (N-methyl/N-ethyl adjacent to an activating group) is 1. The molecule has 3 rings (SSSR count). The van der Waals surface area contributed by atoms with Crippen molar-refractivity contribution < 1.29 is 9.21 Å². The first-order valence-electron chi connectivity index (χ1n) is 7.42. The van der Waals surface area contributed by atoms with E-state index < -0.39 is 0 Å². The molecule has 2 heterocycles. The summed E-state index contributed by atoms with van der Waals surface area (Å²) in [6.45, 7) is 3.34. The molecule has 5 nitrogen and oxygen atoms in total. The fourth-order valence-corrected chi connectivity index (χ4v) is 3.38. The fraction of sp³-hybridized carbons (Fsp3) is 0.294. The fourth-order valence-electron chi connectivity index (χ4n) is 2.31. The second-order valence-corrected chi connectivity index (χ2v) is 6.66. The number of rotatable bonds is 5. The van der Waals surface area contributed by atoms with Crippen molar-refractivity contribution in [2.75, 3.05) is 32.1 Å². The lowest BCUT2D eigenvalue weighted by molar-refractivity contribution is 0.0958. The average Bonchev–Trinajstić information content (AvgIpc) is 3.16. The number of aromatic nitrogens is 1. The van der Waals surface area contributed by atoms with Crippen LogP contribution in [0.1, 0.15) is 16.1 Å². The Morgan fingerprint density at radius 3 is 2.70 bits per heavy atom. The quantitative estimate of drug-likeness (QED) is 0.720. The van der Waals surface area contributed by atoms with Crippen molar-refractivity contribution in [1.29, 1.82) is 0 Å². The Hall–Kier alpha value is -2.18. The Morgan fingerprint density at radius 1 is 1.22 bits per heavy atom. The van der Waals surface area contributed by atoms with Crippen LogP contribution in [0.3, 0.4) is 0 Å². The van der Waals surface area contributed by atoms with Crippen LogP contribution in [0.5, 0.6) is 0 Å². The third-order valence-electron chi connectivity index (χ3n) is 3.59. The average molecular weight is 329 g/mol. The Morgan fingerprint density at radius 2 is 2.04 bits per heavy atom. The van der Waals surface area contributed by atoms with Gasteiger partial charge in [-0.2, -0.15) is 0 Å². The number of thiazole rings is 1. The number of furan rings is 1. The minimum atomic E-state index is -0.159. The molecule has 0 bridgehead atoms. The van der Waals surface area contributed by atoms with Gasteiger partial charge in [-0.1, -0.05) is 23.5 Å². The first-order valence-corrected chi connectivity index (χ1v) is 8.24. The van der Waals surface area contributed by atoms with Crippen LogP contribution in [-0.4, -0.2) is 43.0 Å². The Kier molecular flexibility index (Phi) is 4.45. The number of hydrogen-bond donors (Lipinski definition) is 0. The van der Waals surface area contributed by atoms with E-state index in [0.717, 1.165) is 22.3 Å². The summed E-state index contributed by atoms with van der Waals surface area (Å²) >= 11 is 1.53. The summed E-state index contributed by atoms with van der Waals surface area (Å²) in [7, 11) is 3.97. The molecule has 1 amide bonds. The van der Waals surface area contributed by atoms with Crippen molar-refractivity contribution in [3.05, 3.63) is 47.9 Å². The van der Waals surface area contributed by atoms with Crippen molar-refractivity contribution in [3.8, 4) is 0 Å². The number of carbonyl (C=O) groups is 1. The van der Waals surface area contributed by atoms with Gasteiger partial charge in [-0.3, -0.25) is 9.69 Å². The molecular formula is C17H19N3O2S. The molecule has 0 saturated carbocycles. The molecule has 0 N–H and O–H groups in total. The maximum atomic E-state index is 12.8. The van der Waals surface area contributed by atoms with Gasteiger partial charge in [-0.15, -0.1) is 0 Å². The smallest absolute Gasteiger partial charge is 0.295 e. The van der Waals surface area contributed by atoms with Gasteiger partial charge in [0.2, 0.25) is 0 Å². The first kappa shape index (κ1) is 15.7. The highest BCUT2D eigenvalue weighted by Gasteiger charge is 2.23. The van der Waals surface area contributed by atoms with Gasteiger partial charge in [0.25, 0.3) is 5.91 Å². The molecule has 0 aliphatic carbocycles. The van der Waals surface area contributed by atoms with E-state index in [1.54, 1.807) is 17.0 Å². The number of amides is 1. The Labute approximate surface area is 139 Å². The molecule has 0 fully saturated rings. The van der Waals surface area contributed by atoms with Gasteiger partial charge in [0.05, 0.1) is 16.5 Å². The van der Waals surface area contributed by atoms with E-state index in [-0.39, 0.29) is 5.91 Å². The highest BCUT2D eigenvalue weighted by atomic mass is 32.1. The highest BCUT2D eigenvalue weighted by Crippen LogP contribution is 2.31. The van der Waals surface area contributed by atoms with Crippen LogP contribution in [0.25, 0.3) is 10.2 Å². The van der Waals surface area contributed by atoms with E-state index in [9.17, 15) is 4.79 Å². The summed E-state index contributed by atoms with van der Waals surface area (Å²) < 4.78 is 6.36. The zero-order valence-electron chi connectivity index (χ0n) is 13.4. The van der Waals surface area contributed by atoms with Crippen molar-refractivity contribution in [2.45, 2.75) is 6.92 Å². The molecule has 0 atom stereocenters. The van der Waals surface area contributed by atoms with Crippen LogP contribution in [-0.2, 0) is 0 Å². The molecule has 6 heteroatoms. The molecule has 120 valence electrons. The molecule has 0 saturated heterocycles. The molecule has 0 spiro atoms. The van der Waals surface area contributed by atoms with E-state index in [0.29, 0.717) is 17.4 Å². The molecule has 2 aromatic heterocycles. The molecule has 0 aliphatic heterocycles. The van der Waals surface area contributed by atoms with E-state index in [2.05, 4.69) is 4.98 Å². The zero-order chi connectivity index (χ0) is 16.4. The van der Waals surface area contributed by atoms with E-state index in [1.807, 2.05) is 44.1 Å². The number of carbonyl (C=O) groups excluding carboxylic acids is 1. The lowest BCUT2D eigenvalue weighted by atomic mass is 10.2. The van der Waals surface area contributed by atoms with Gasteiger partial charge in [0, 0.05) is 13.1 Å². The summed E-state index contributed by atoms with van der Waals surface area (Å²) in [5, 5.41) is 0.706. The number of para-hydroxylation sites is 1. The molecule has 1 aromatic carbocycles. The van der Waals surface area contributed by atoms with Crippen molar-refractivity contribution in [3.63, 3.8) is 0 Å². The summed E-state index contributed by atoms with van der Waals surface area (Å²) in [6.07, 6.45) is 1.51. The normalized spacial score (nSPS) is 11.3. The van der Waals surface area contributed by atoms with Gasteiger partial charge in [-0.05, 0) is 44.8 Å². The predicted octanol–water partition coefficient (Wildman–Crippen LogP) is 3.41. The van der Waals surface area contributed by atoms with Crippen LogP contribution < -0.4 is 4.90 Å². The number of fused-ring (bicyclic) bond motifs is 1. The number of aryl methyl sites for hydroxylation is 1. The third kappa shape index (κ3) is 3.28. The second-order valence-electron chi connectivity index (χ2n) is 5.66. The van der Waals surface area contributed by atoms with Crippen molar-refractivity contribution >= 4 is 32.6 Å². The maximum absolute atomic E-state index is 12.8. The molecule has 23 heavy (non-hydrogen) atoms. The summed E-state index contributed by atoms with van der Waals surface area (Å²) in [5.41, 5.74) is 2.07. The molecule has 0 aliphatic rings. The monoisotopic (exact) mass is 329 g/mol.